The van der Waals surface area contributed by atoms with Crippen LogP contribution in [0.5, 0.6) is 11.5 Å². The Kier molecular flexibility index (Phi) is 7.06. The molecule has 198 valence electrons. The summed E-state index contributed by atoms with van der Waals surface area (Å²) < 4.78 is 226. The fourth-order valence-electron chi connectivity index (χ4n) is 2.00. The van der Waals surface area contributed by atoms with Crippen LogP contribution in [-0.2, 0) is 0 Å². The molecule has 0 saturated heterocycles. The van der Waals surface area contributed by atoms with E-state index in [1.165, 1.54) is 0 Å². The van der Waals surface area contributed by atoms with E-state index >= 15 is 0 Å². The number of hydrogen-bond acceptors (Lipinski definition) is 2. The van der Waals surface area contributed by atoms with Crippen LogP contribution < -0.4 is 4.74 Å². The van der Waals surface area contributed by atoms with Gasteiger partial charge in [0, 0.05) is 0 Å². The molecule has 1 aromatic carbocycles. The largest absolute Gasteiger partial charge is 0.508 e. The number of benzene rings is 1. The molecule has 0 aliphatic rings. The van der Waals surface area contributed by atoms with Gasteiger partial charge in [-0.2, -0.15) is 74.6 Å². The summed E-state index contributed by atoms with van der Waals surface area (Å²) in [7, 11) is 0. The molecule has 0 spiro atoms. The highest BCUT2D eigenvalue weighted by Crippen LogP contribution is 2.63. The second-order valence-corrected chi connectivity index (χ2v) is 6.43. The van der Waals surface area contributed by atoms with Crippen molar-refractivity contribution >= 4 is 0 Å². The van der Waals surface area contributed by atoms with Crippen molar-refractivity contribution in [3.05, 3.63) is 24.3 Å². The molecule has 0 saturated carbocycles. The number of halogens is 17. The third-order valence-electron chi connectivity index (χ3n) is 4.04. The standard InChI is InChI=1S/C15H7F17O2/c16-8(17,5-34-7-3-1-6(33)2-4-7)9(18,19)10(20,21)11(22,23)12(24,25)13(26,27)14(28,29)15(30,31)32/h1-4,33H,5H2. The number of aromatic hydroxyl groups is 1. The van der Waals surface area contributed by atoms with E-state index in [0.29, 0.717) is 24.3 Å². The molecule has 0 heterocycles. The maximum atomic E-state index is 13.6. The average molecular weight is 542 g/mol. The number of rotatable bonds is 9. The van der Waals surface area contributed by atoms with Crippen LogP contribution in [0, 0.1) is 0 Å². The normalized spacial score (nSPS) is 15.4. The minimum absolute atomic E-state index is 0.518. The molecule has 0 atom stereocenters. The van der Waals surface area contributed by atoms with Gasteiger partial charge >= 0.3 is 47.6 Å². The van der Waals surface area contributed by atoms with E-state index < -0.39 is 65.7 Å². The van der Waals surface area contributed by atoms with Gasteiger partial charge in [-0.3, -0.25) is 0 Å². The Morgan fingerprint density at radius 3 is 1.18 bits per heavy atom. The van der Waals surface area contributed by atoms with Crippen LogP contribution in [0.2, 0.25) is 0 Å². The average Bonchev–Trinajstić information content (AvgIpc) is 2.65. The molecule has 0 aliphatic carbocycles. The second kappa shape index (κ2) is 8.10. The number of ether oxygens (including phenoxy) is 1. The Bertz CT molecular complexity index is 857. The highest BCUT2D eigenvalue weighted by molar-refractivity contribution is 5.30. The van der Waals surface area contributed by atoms with Crippen LogP contribution in [0.1, 0.15) is 0 Å². The Hall–Kier alpha value is -2.37. The zero-order valence-corrected chi connectivity index (χ0v) is 15.3. The lowest BCUT2D eigenvalue weighted by molar-refractivity contribution is -0.462. The first-order valence-electron chi connectivity index (χ1n) is 7.85. The summed E-state index contributed by atoms with van der Waals surface area (Å²) in [6.45, 7) is -3.04. The van der Waals surface area contributed by atoms with Gasteiger partial charge in [-0.25, -0.2) is 0 Å². The third-order valence-corrected chi connectivity index (χ3v) is 4.04. The molecule has 0 aromatic heterocycles. The van der Waals surface area contributed by atoms with Gasteiger partial charge in [0.25, 0.3) is 0 Å². The lowest BCUT2D eigenvalue weighted by Crippen LogP contribution is -2.74. The van der Waals surface area contributed by atoms with E-state index in [1.54, 1.807) is 0 Å². The second-order valence-electron chi connectivity index (χ2n) is 6.43. The summed E-state index contributed by atoms with van der Waals surface area (Å²) in [6, 6.07) is 2.31. The van der Waals surface area contributed by atoms with Gasteiger partial charge in [0.2, 0.25) is 0 Å². The lowest BCUT2D eigenvalue weighted by Gasteiger charge is -2.42. The predicted octanol–water partition coefficient (Wildman–Crippen LogP) is 6.78. The summed E-state index contributed by atoms with van der Waals surface area (Å²) >= 11 is 0. The van der Waals surface area contributed by atoms with Crippen molar-refractivity contribution in [2.75, 3.05) is 6.61 Å². The molecule has 1 rings (SSSR count). The molecule has 0 radical (unpaired) electrons. The molecule has 2 nitrogen and oxygen atoms in total. The van der Waals surface area contributed by atoms with E-state index in [-0.39, 0.29) is 0 Å². The molecule has 0 amide bonds. The first-order chi connectivity index (χ1) is 14.7. The van der Waals surface area contributed by atoms with Crippen molar-refractivity contribution in [3.63, 3.8) is 0 Å². The van der Waals surface area contributed by atoms with Crippen LogP contribution in [0.25, 0.3) is 0 Å². The Balaban J connectivity index is 3.45. The van der Waals surface area contributed by atoms with E-state index in [1.807, 2.05) is 0 Å². The number of alkyl halides is 17. The summed E-state index contributed by atoms with van der Waals surface area (Å²) in [4.78, 5) is 0. The molecule has 0 unspecified atom stereocenters. The lowest BCUT2D eigenvalue weighted by atomic mass is 9.89. The molecule has 19 heteroatoms. The maximum absolute atomic E-state index is 13.6. The minimum atomic E-state index is -8.67. The van der Waals surface area contributed by atoms with E-state index in [2.05, 4.69) is 4.74 Å². The van der Waals surface area contributed by atoms with Crippen LogP contribution in [0.15, 0.2) is 24.3 Å². The van der Waals surface area contributed by atoms with Crippen LogP contribution >= 0.6 is 0 Å². The third kappa shape index (κ3) is 4.14. The molecule has 1 aromatic rings. The van der Waals surface area contributed by atoms with Gasteiger partial charge in [0.05, 0.1) is 0 Å². The molecule has 1 N–H and O–H groups in total. The first-order valence-corrected chi connectivity index (χ1v) is 7.85. The van der Waals surface area contributed by atoms with Crippen molar-refractivity contribution in [2.45, 2.75) is 47.6 Å². The van der Waals surface area contributed by atoms with Crippen LogP contribution in [0.3, 0.4) is 0 Å². The number of phenols is 1. The monoisotopic (exact) mass is 542 g/mol. The van der Waals surface area contributed by atoms with Crippen LogP contribution in [0.4, 0.5) is 74.6 Å². The van der Waals surface area contributed by atoms with Crippen molar-refractivity contribution in [1.82, 2.24) is 0 Å². The first kappa shape index (κ1) is 29.7. The Labute approximate surface area is 175 Å². The summed E-state index contributed by atoms with van der Waals surface area (Å²) in [6.07, 6.45) is -7.80. The Morgan fingerprint density at radius 2 is 0.824 bits per heavy atom. The summed E-state index contributed by atoms with van der Waals surface area (Å²) in [5.74, 6) is -58.4. The molecule has 0 aliphatic heterocycles. The van der Waals surface area contributed by atoms with Gasteiger partial charge in [0.1, 0.15) is 11.5 Å². The number of phenolic OH excluding ortho intramolecular Hbond substituents is 1. The molecule has 34 heavy (non-hydrogen) atoms. The molecular weight excluding hydrogens is 535 g/mol. The van der Waals surface area contributed by atoms with E-state index in [9.17, 15) is 74.6 Å². The van der Waals surface area contributed by atoms with Crippen molar-refractivity contribution < 1.29 is 84.5 Å². The highest BCUT2D eigenvalue weighted by atomic mass is 19.4. The zero-order chi connectivity index (χ0) is 27.4. The van der Waals surface area contributed by atoms with E-state index in [4.69, 9.17) is 5.11 Å². The topological polar surface area (TPSA) is 29.5 Å². The SMILES string of the molecule is Oc1ccc(OCC(F)(F)C(F)(F)C(F)(F)C(F)(F)C(F)(F)C(F)(F)C(F)(F)C(F)(F)F)cc1. The van der Waals surface area contributed by atoms with Crippen LogP contribution in [-0.4, -0.2) is 59.3 Å². The summed E-state index contributed by atoms with van der Waals surface area (Å²) in [5, 5.41) is 8.90. The summed E-state index contributed by atoms with van der Waals surface area (Å²) in [5.41, 5.74) is 0. The fourth-order valence-corrected chi connectivity index (χ4v) is 2.00. The maximum Gasteiger partial charge on any atom is 0.460 e. The number of hydrogen-bond donors (Lipinski definition) is 1. The highest BCUT2D eigenvalue weighted by Gasteiger charge is 2.95. The van der Waals surface area contributed by atoms with Gasteiger partial charge in [-0.1, -0.05) is 0 Å². The van der Waals surface area contributed by atoms with Gasteiger partial charge in [-0.05, 0) is 24.3 Å². The Morgan fingerprint density at radius 1 is 0.500 bits per heavy atom. The zero-order valence-electron chi connectivity index (χ0n) is 15.3. The quantitative estimate of drug-likeness (QED) is 0.349. The fraction of sp³-hybridized carbons (Fsp3) is 0.600. The minimum Gasteiger partial charge on any atom is -0.508 e. The molecule has 0 fully saturated rings. The van der Waals surface area contributed by atoms with Gasteiger partial charge in [0.15, 0.2) is 6.61 Å². The van der Waals surface area contributed by atoms with Crippen molar-refractivity contribution in [3.8, 4) is 11.5 Å². The van der Waals surface area contributed by atoms with E-state index in [0.717, 1.165) is 0 Å². The molecular formula is C15H7F17O2. The predicted molar refractivity (Wildman–Crippen MR) is 74.3 cm³/mol. The van der Waals surface area contributed by atoms with Gasteiger partial charge < -0.3 is 9.84 Å². The van der Waals surface area contributed by atoms with Crippen molar-refractivity contribution in [1.29, 1.82) is 0 Å². The van der Waals surface area contributed by atoms with Gasteiger partial charge in [-0.15, -0.1) is 0 Å². The molecule has 0 bridgehead atoms. The smallest absolute Gasteiger partial charge is 0.460 e. The van der Waals surface area contributed by atoms with Crippen molar-refractivity contribution in [2.24, 2.45) is 0 Å².